The summed E-state index contributed by atoms with van der Waals surface area (Å²) < 4.78 is 7.08. The van der Waals surface area contributed by atoms with Crippen LogP contribution in [0, 0.1) is 10.1 Å². The van der Waals surface area contributed by atoms with E-state index in [1.807, 2.05) is 6.92 Å². The zero-order valence-electron chi connectivity index (χ0n) is 10.5. The number of aryl methyl sites for hydroxylation is 1. The van der Waals surface area contributed by atoms with Crippen molar-refractivity contribution < 1.29 is 9.66 Å². The molecule has 0 aromatic carbocycles. The van der Waals surface area contributed by atoms with Crippen molar-refractivity contribution in [3.05, 3.63) is 34.6 Å². The number of aromatic nitrogens is 3. The minimum Gasteiger partial charge on any atom is -0.430 e. The Morgan fingerprint density at radius 3 is 2.89 bits per heavy atom. The van der Waals surface area contributed by atoms with Crippen LogP contribution in [0.3, 0.4) is 0 Å². The highest BCUT2D eigenvalue weighted by Crippen LogP contribution is 2.30. The van der Waals surface area contributed by atoms with E-state index < -0.39 is 4.92 Å². The number of hydrogen-bond acceptors (Lipinski definition) is 6. The monoisotopic (exact) mass is 263 g/mol. The second-order valence-electron chi connectivity index (χ2n) is 3.66. The van der Waals surface area contributed by atoms with Gasteiger partial charge in [0.1, 0.15) is 5.82 Å². The van der Waals surface area contributed by atoms with Crippen molar-refractivity contribution in [2.45, 2.75) is 13.5 Å². The highest BCUT2D eigenvalue weighted by molar-refractivity contribution is 5.49. The molecule has 0 atom stereocenters. The first-order chi connectivity index (χ1) is 9.13. The molecule has 2 rings (SSSR count). The number of rotatable bonds is 5. The lowest BCUT2D eigenvalue weighted by Gasteiger charge is -2.05. The molecule has 0 fully saturated rings. The predicted molar refractivity (Wildman–Crippen MR) is 68.4 cm³/mol. The van der Waals surface area contributed by atoms with Crippen LogP contribution in [0.1, 0.15) is 6.92 Å². The molecule has 8 heteroatoms. The Morgan fingerprint density at radius 2 is 2.32 bits per heavy atom. The fourth-order valence-electron chi connectivity index (χ4n) is 1.47. The van der Waals surface area contributed by atoms with Gasteiger partial charge in [-0.05, 0) is 13.0 Å². The maximum atomic E-state index is 10.9. The third kappa shape index (κ3) is 2.79. The summed E-state index contributed by atoms with van der Waals surface area (Å²) in [6, 6.07) is 2.86. The van der Waals surface area contributed by atoms with Crippen LogP contribution in [0.4, 0.5) is 11.5 Å². The average Bonchev–Trinajstić information content (AvgIpc) is 2.86. The van der Waals surface area contributed by atoms with Crippen LogP contribution in [0.25, 0.3) is 0 Å². The molecule has 2 aromatic rings. The van der Waals surface area contributed by atoms with Crippen LogP contribution in [0.15, 0.2) is 24.5 Å². The Kier molecular flexibility index (Phi) is 3.60. The normalized spacial score (nSPS) is 10.2. The van der Waals surface area contributed by atoms with E-state index in [0.29, 0.717) is 18.1 Å². The largest absolute Gasteiger partial charge is 0.430 e. The van der Waals surface area contributed by atoms with Crippen molar-refractivity contribution in [3.63, 3.8) is 0 Å². The molecule has 0 amide bonds. The number of anilines is 1. The van der Waals surface area contributed by atoms with Crippen molar-refractivity contribution in [1.82, 2.24) is 14.8 Å². The molecule has 0 unspecified atom stereocenters. The molecule has 0 spiro atoms. The molecule has 0 radical (unpaired) electrons. The molecular weight excluding hydrogens is 250 g/mol. The van der Waals surface area contributed by atoms with Gasteiger partial charge in [0.2, 0.25) is 0 Å². The highest BCUT2D eigenvalue weighted by Gasteiger charge is 2.18. The zero-order chi connectivity index (χ0) is 13.8. The first-order valence-electron chi connectivity index (χ1n) is 5.67. The van der Waals surface area contributed by atoms with E-state index in [0.717, 1.165) is 0 Å². The standard InChI is InChI=1S/C11H13N5O3/c1-3-15-7-8(6-13-15)19-11-9(16(17)18)4-5-10(12-2)14-11/h4-7H,3H2,1-2H3,(H,12,14). The molecule has 8 nitrogen and oxygen atoms in total. The van der Waals surface area contributed by atoms with Gasteiger partial charge in [0.15, 0.2) is 5.75 Å². The summed E-state index contributed by atoms with van der Waals surface area (Å²) in [7, 11) is 1.67. The summed E-state index contributed by atoms with van der Waals surface area (Å²) in [5.74, 6) is 0.835. The second-order valence-corrected chi connectivity index (χ2v) is 3.66. The first kappa shape index (κ1) is 12.8. The van der Waals surface area contributed by atoms with Gasteiger partial charge in [-0.1, -0.05) is 0 Å². The third-order valence-electron chi connectivity index (χ3n) is 2.44. The fourth-order valence-corrected chi connectivity index (χ4v) is 1.47. The van der Waals surface area contributed by atoms with E-state index in [4.69, 9.17) is 4.74 Å². The SMILES string of the molecule is CCn1cc(Oc2nc(NC)ccc2[N+](=O)[O-])cn1. The van der Waals surface area contributed by atoms with Crippen molar-refractivity contribution >= 4 is 11.5 Å². The number of hydrogen-bond donors (Lipinski definition) is 1. The molecule has 1 N–H and O–H groups in total. The topological polar surface area (TPSA) is 95.1 Å². The van der Waals surface area contributed by atoms with Crippen molar-refractivity contribution in [2.75, 3.05) is 12.4 Å². The van der Waals surface area contributed by atoms with Crippen molar-refractivity contribution in [2.24, 2.45) is 0 Å². The maximum Gasteiger partial charge on any atom is 0.331 e. The van der Waals surface area contributed by atoms with Crippen LogP contribution in [-0.4, -0.2) is 26.7 Å². The number of ether oxygens (including phenoxy) is 1. The molecule has 19 heavy (non-hydrogen) atoms. The molecule has 0 aliphatic heterocycles. The summed E-state index contributed by atoms with van der Waals surface area (Å²) in [5, 5.41) is 17.7. The van der Waals surface area contributed by atoms with E-state index >= 15 is 0 Å². The Morgan fingerprint density at radius 1 is 1.53 bits per heavy atom. The Balaban J connectivity index is 2.33. The molecule has 0 aliphatic rings. The lowest BCUT2D eigenvalue weighted by Crippen LogP contribution is -1.99. The van der Waals surface area contributed by atoms with Crippen molar-refractivity contribution in [1.29, 1.82) is 0 Å². The van der Waals surface area contributed by atoms with Crippen LogP contribution in [0.2, 0.25) is 0 Å². The molecule has 0 bridgehead atoms. The van der Waals surface area contributed by atoms with Gasteiger partial charge in [0.25, 0.3) is 0 Å². The molecule has 2 heterocycles. The van der Waals surface area contributed by atoms with E-state index in [9.17, 15) is 10.1 Å². The molecule has 100 valence electrons. The number of nitrogens with one attached hydrogen (secondary N) is 1. The van der Waals surface area contributed by atoms with E-state index in [1.54, 1.807) is 17.9 Å². The number of nitro groups is 1. The minimum atomic E-state index is -0.536. The van der Waals surface area contributed by atoms with E-state index in [1.165, 1.54) is 18.3 Å². The van der Waals surface area contributed by atoms with Crippen LogP contribution >= 0.6 is 0 Å². The van der Waals surface area contributed by atoms with Gasteiger partial charge in [-0.25, -0.2) is 0 Å². The lowest BCUT2D eigenvalue weighted by atomic mass is 10.4. The van der Waals surface area contributed by atoms with E-state index in [-0.39, 0.29) is 11.6 Å². The summed E-state index contributed by atoms with van der Waals surface area (Å²) in [4.78, 5) is 14.4. The zero-order valence-corrected chi connectivity index (χ0v) is 10.5. The molecular formula is C11H13N5O3. The molecule has 0 aliphatic carbocycles. The van der Waals surface area contributed by atoms with Gasteiger partial charge in [0.05, 0.1) is 17.3 Å². The minimum absolute atomic E-state index is 0.0625. The lowest BCUT2D eigenvalue weighted by molar-refractivity contribution is -0.386. The summed E-state index contributed by atoms with van der Waals surface area (Å²) in [6.07, 6.45) is 3.14. The van der Waals surface area contributed by atoms with E-state index in [2.05, 4.69) is 15.4 Å². The fraction of sp³-hybridized carbons (Fsp3) is 0.273. The van der Waals surface area contributed by atoms with Gasteiger partial charge in [-0.3, -0.25) is 14.8 Å². The van der Waals surface area contributed by atoms with Gasteiger partial charge in [-0.15, -0.1) is 0 Å². The summed E-state index contributed by atoms with van der Waals surface area (Å²) >= 11 is 0. The Bertz CT molecular complexity index is 596. The molecule has 0 saturated heterocycles. The van der Waals surface area contributed by atoms with Crippen LogP contribution < -0.4 is 10.1 Å². The van der Waals surface area contributed by atoms with Crippen LogP contribution in [-0.2, 0) is 6.54 Å². The number of pyridine rings is 1. The summed E-state index contributed by atoms with van der Waals surface area (Å²) in [5.41, 5.74) is -0.191. The highest BCUT2D eigenvalue weighted by atomic mass is 16.6. The Labute approximate surface area is 109 Å². The third-order valence-corrected chi connectivity index (χ3v) is 2.44. The summed E-state index contributed by atoms with van der Waals surface area (Å²) in [6.45, 7) is 2.62. The van der Waals surface area contributed by atoms with Gasteiger partial charge < -0.3 is 10.1 Å². The Hall–Kier alpha value is -2.64. The average molecular weight is 263 g/mol. The van der Waals surface area contributed by atoms with Crippen molar-refractivity contribution in [3.8, 4) is 11.6 Å². The van der Waals surface area contributed by atoms with Gasteiger partial charge in [-0.2, -0.15) is 10.1 Å². The molecule has 2 aromatic heterocycles. The molecule has 0 saturated carbocycles. The van der Waals surface area contributed by atoms with Crippen LogP contribution in [0.5, 0.6) is 11.6 Å². The number of nitrogens with zero attached hydrogens (tertiary/aromatic N) is 4. The smallest absolute Gasteiger partial charge is 0.331 e. The maximum absolute atomic E-state index is 10.9. The second kappa shape index (κ2) is 5.34. The van der Waals surface area contributed by atoms with Gasteiger partial charge in [0, 0.05) is 19.7 Å². The first-order valence-corrected chi connectivity index (χ1v) is 5.67. The predicted octanol–water partition coefficient (Wildman–Crippen LogP) is 2.04. The quantitative estimate of drug-likeness (QED) is 0.655. The van der Waals surface area contributed by atoms with Gasteiger partial charge >= 0.3 is 11.6 Å².